The molecule has 1 aromatic rings. The second kappa shape index (κ2) is 7.09. The van der Waals surface area contributed by atoms with Crippen molar-refractivity contribution in [2.45, 2.75) is 39.3 Å². The Balaban J connectivity index is 2.56. The lowest BCUT2D eigenvalue weighted by Crippen LogP contribution is -2.31. The van der Waals surface area contributed by atoms with E-state index in [0.717, 1.165) is 0 Å². The monoisotopic (exact) mass is 269 g/mol. The normalized spacial score (nSPS) is 12.3. The molecule has 1 rings (SSSR count). The average molecular weight is 269 g/mol. The van der Waals surface area contributed by atoms with E-state index in [9.17, 15) is 14.3 Å². The van der Waals surface area contributed by atoms with Gasteiger partial charge in [-0.05, 0) is 39.0 Å². The van der Waals surface area contributed by atoms with Gasteiger partial charge in [0, 0.05) is 11.6 Å². The van der Waals surface area contributed by atoms with Crippen molar-refractivity contribution in [1.82, 2.24) is 5.32 Å². The van der Waals surface area contributed by atoms with E-state index in [1.807, 2.05) is 13.8 Å². The molecule has 4 nitrogen and oxygen atoms in total. The summed E-state index contributed by atoms with van der Waals surface area (Å²) in [5.41, 5.74) is 0.379. The number of aliphatic hydroxyl groups is 1. The molecule has 1 unspecified atom stereocenters. The van der Waals surface area contributed by atoms with Gasteiger partial charge in [0.2, 0.25) is 5.91 Å². The Bertz CT molecular complexity index is 433. The van der Waals surface area contributed by atoms with Crippen molar-refractivity contribution in [2.24, 2.45) is 0 Å². The molecule has 1 amide bonds. The van der Waals surface area contributed by atoms with E-state index in [2.05, 4.69) is 5.32 Å². The number of hydrogen-bond donors (Lipinski definition) is 2. The number of carbonyl (C=O) groups is 1. The highest BCUT2D eigenvalue weighted by molar-refractivity contribution is 5.76. The van der Waals surface area contributed by atoms with Gasteiger partial charge in [0.1, 0.15) is 11.6 Å². The maximum absolute atomic E-state index is 13.1. The first kappa shape index (κ1) is 15.4. The molecule has 19 heavy (non-hydrogen) atoms. The van der Waals surface area contributed by atoms with Crippen molar-refractivity contribution >= 4 is 5.91 Å². The van der Waals surface area contributed by atoms with E-state index < -0.39 is 11.9 Å². The van der Waals surface area contributed by atoms with Crippen molar-refractivity contribution in [3.05, 3.63) is 29.6 Å². The van der Waals surface area contributed by atoms with E-state index >= 15 is 0 Å². The summed E-state index contributed by atoms with van der Waals surface area (Å²) < 4.78 is 18.5. The van der Waals surface area contributed by atoms with Crippen LogP contribution in [0.1, 0.15) is 38.9 Å². The van der Waals surface area contributed by atoms with Gasteiger partial charge in [-0.1, -0.05) is 0 Å². The van der Waals surface area contributed by atoms with Gasteiger partial charge < -0.3 is 15.2 Å². The summed E-state index contributed by atoms with van der Waals surface area (Å²) in [7, 11) is 0. The lowest BCUT2D eigenvalue weighted by molar-refractivity contribution is -0.122. The fourth-order valence-corrected chi connectivity index (χ4v) is 1.63. The van der Waals surface area contributed by atoms with Crippen LogP contribution < -0.4 is 10.1 Å². The van der Waals surface area contributed by atoms with Crippen LogP contribution in [0.2, 0.25) is 0 Å². The molecule has 0 aliphatic rings. The minimum atomic E-state index is -0.824. The van der Waals surface area contributed by atoms with Crippen LogP contribution in [-0.4, -0.2) is 23.7 Å². The Morgan fingerprint density at radius 1 is 1.42 bits per heavy atom. The third kappa shape index (κ3) is 5.26. The van der Waals surface area contributed by atoms with E-state index in [-0.39, 0.29) is 25.0 Å². The molecule has 0 fully saturated rings. The lowest BCUT2D eigenvalue weighted by Gasteiger charge is -2.14. The third-order valence-corrected chi connectivity index (χ3v) is 2.46. The minimum absolute atomic E-state index is 0.0892. The molecule has 0 saturated carbocycles. The summed E-state index contributed by atoms with van der Waals surface area (Å²) >= 11 is 0. The molecule has 0 radical (unpaired) electrons. The largest absolute Gasteiger partial charge is 0.493 e. The van der Waals surface area contributed by atoms with Gasteiger partial charge in [0.05, 0.1) is 19.1 Å². The predicted octanol–water partition coefficient (Wildman–Crippen LogP) is 2.17. The molecule has 2 N–H and O–H groups in total. The van der Waals surface area contributed by atoms with E-state index in [0.29, 0.717) is 11.3 Å². The van der Waals surface area contributed by atoms with Gasteiger partial charge in [-0.25, -0.2) is 4.39 Å². The summed E-state index contributed by atoms with van der Waals surface area (Å²) in [5, 5.41) is 12.3. The zero-order valence-electron chi connectivity index (χ0n) is 11.4. The summed E-state index contributed by atoms with van der Waals surface area (Å²) in [6, 6.07) is 4.03. The van der Waals surface area contributed by atoms with Crippen molar-refractivity contribution in [1.29, 1.82) is 0 Å². The van der Waals surface area contributed by atoms with Crippen molar-refractivity contribution < 1.29 is 19.0 Å². The summed E-state index contributed by atoms with van der Waals surface area (Å²) in [6.07, 6.45) is -0.607. The first-order chi connectivity index (χ1) is 8.90. The van der Waals surface area contributed by atoms with Crippen LogP contribution in [0.25, 0.3) is 0 Å². The molecule has 0 aromatic heterocycles. The average Bonchev–Trinajstić information content (AvgIpc) is 2.29. The van der Waals surface area contributed by atoms with E-state index in [1.165, 1.54) is 25.1 Å². The maximum atomic E-state index is 13.1. The van der Waals surface area contributed by atoms with Crippen LogP contribution in [0.5, 0.6) is 5.75 Å². The number of aliphatic hydroxyl groups excluding tert-OH is 1. The number of nitrogens with one attached hydrogen (secondary N) is 1. The maximum Gasteiger partial charge on any atom is 0.223 e. The van der Waals surface area contributed by atoms with Gasteiger partial charge in [-0.2, -0.15) is 0 Å². The molecular formula is C14H20FNO3. The second-order valence-electron chi connectivity index (χ2n) is 4.68. The molecular weight excluding hydrogens is 249 g/mol. The highest BCUT2D eigenvalue weighted by atomic mass is 19.1. The fraction of sp³-hybridized carbons (Fsp3) is 0.500. The SMILES string of the molecule is CC(C)NC(=O)CCOc1ccc(F)cc1C(C)O. The van der Waals surface area contributed by atoms with Gasteiger partial charge >= 0.3 is 0 Å². The van der Waals surface area contributed by atoms with Crippen LogP contribution in [0.4, 0.5) is 4.39 Å². The van der Waals surface area contributed by atoms with Crippen molar-refractivity contribution in [3.63, 3.8) is 0 Å². The van der Waals surface area contributed by atoms with Gasteiger partial charge in [0.25, 0.3) is 0 Å². The standard InChI is InChI=1S/C14H20FNO3/c1-9(2)16-14(18)6-7-19-13-5-4-11(15)8-12(13)10(3)17/h4-5,8-10,17H,6-7H2,1-3H3,(H,16,18). The number of halogens is 1. The first-order valence-corrected chi connectivity index (χ1v) is 6.30. The number of amides is 1. The van der Waals surface area contributed by atoms with Crippen LogP contribution in [0, 0.1) is 5.82 Å². The fourth-order valence-electron chi connectivity index (χ4n) is 1.63. The highest BCUT2D eigenvalue weighted by Crippen LogP contribution is 2.25. The smallest absolute Gasteiger partial charge is 0.223 e. The second-order valence-corrected chi connectivity index (χ2v) is 4.68. The summed E-state index contributed by atoms with van der Waals surface area (Å²) in [4.78, 5) is 11.4. The molecule has 0 aliphatic carbocycles. The molecule has 106 valence electrons. The Morgan fingerprint density at radius 3 is 2.68 bits per heavy atom. The topological polar surface area (TPSA) is 58.6 Å². The Hall–Kier alpha value is -1.62. The van der Waals surface area contributed by atoms with Crippen LogP contribution >= 0.6 is 0 Å². The number of hydrogen-bond acceptors (Lipinski definition) is 3. The number of carbonyl (C=O) groups excluding carboxylic acids is 1. The number of rotatable bonds is 6. The molecule has 0 saturated heterocycles. The Kier molecular flexibility index (Phi) is 5.76. The molecule has 1 atom stereocenters. The minimum Gasteiger partial charge on any atom is -0.493 e. The van der Waals surface area contributed by atoms with Gasteiger partial charge in [-0.15, -0.1) is 0 Å². The zero-order chi connectivity index (χ0) is 14.4. The quantitative estimate of drug-likeness (QED) is 0.832. The van der Waals surface area contributed by atoms with E-state index in [1.54, 1.807) is 0 Å². The lowest BCUT2D eigenvalue weighted by atomic mass is 10.1. The Labute approximate surface area is 112 Å². The highest BCUT2D eigenvalue weighted by Gasteiger charge is 2.11. The molecule has 0 aliphatic heterocycles. The van der Waals surface area contributed by atoms with E-state index in [4.69, 9.17) is 4.74 Å². The summed E-state index contributed by atoms with van der Waals surface area (Å²) in [5.74, 6) is -0.134. The van der Waals surface area contributed by atoms with Crippen molar-refractivity contribution in [3.8, 4) is 5.75 Å². The number of ether oxygens (including phenoxy) is 1. The van der Waals surface area contributed by atoms with Crippen LogP contribution in [0.3, 0.4) is 0 Å². The molecule has 1 aromatic carbocycles. The van der Waals surface area contributed by atoms with Gasteiger partial charge in [-0.3, -0.25) is 4.79 Å². The zero-order valence-corrected chi connectivity index (χ0v) is 11.4. The van der Waals surface area contributed by atoms with Crippen LogP contribution in [-0.2, 0) is 4.79 Å². The predicted molar refractivity (Wildman–Crippen MR) is 70.4 cm³/mol. The molecule has 0 bridgehead atoms. The summed E-state index contributed by atoms with van der Waals surface area (Å²) in [6.45, 7) is 5.48. The molecule has 0 heterocycles. The number of benzene rings is 1. The molecule has 5 heteroatoms. The van der Waals surface area contributed by atoms with Gasteiger partial charge in [0.15, 0.2) is 0 Å². The molecule has 0 spiro atoms. The first-order valence-electron chi connectivity index (χ1n) is 6.30. The Morgan fingerprint density at radius 2 is 2.11 bits per heavy atom. The third-order valence-electron chi connectivity index (χ3n) is 2.46. The van der Waals surface area contributed by atoms with Crippen LogP contribution in [0.15, 0.2) is 18.2 Å². The van der Waals surface area contributed by atoms with Crippen molar-refractivity contribution in [2.75, 3.05) is 6.61 Å².